The van der Waals surface area contributed by atoms with Crippen LogP contribution in [0.2, 0.25) is 0 Å². The summed E-state index contributed by atoms with van der Waals surface area (Å²) in [6, 6.07) is 12.8. The van der Waals surface area contributed by atoms with Crippen molar-refractivity contribution in [2.75, 3.05) is 11.9 Å². The van der Waals surface area contributed by atoms with Crippen LogP contribution >= 0.6 is 0 Å². The Bertz CT molecular complexity index is 916. The van der Waals surface area contributed by atoms with E-state index in [4.69, 9.17) is 9.84 Å². The number of esters is 1. The quantitative estimate of drug-likeness (QED) is 0.622. The van der Waals surface area contributed by atoms with Gasteiger partial charge in [0, 0.05) is 11.6 Å². The van der Waals surface area contributed by atoms with Gasteiger partial charge < -0.3 is 15.2 Å². The fourth-order valence-electron chi connectivity index (χ4n) is 4.10. The van der Waals surface area contributed by atoms with E-state index in [1.807, 2.05) is 24.3 Å². The Balaban J connectivity index is 1.68. The van der Waals surface area contributed by atoms with Crippen LogP contribution in [0.4, 0.5) is 5.69 Å². The highest BCUT2D eigenvalue weighted by Crippen LogP contribution is 2.49. The van der Waals surface area contributed by atoms with Crippen molar-refractivity contribution in [3.63, 3.8) is 0 Å². The lowest BCUT2D eigenvalue weighted by Gasteiger charge is -2.37. The molecule has 138 valence electrons. The highest BCUT2D eigenvalue weighted by molar-refractivity contribution is 5.90. The molecule has 0 amide bonds. The molecule has 27 heavy (non-hydrogen) atoms. The van der Waals surface area contributed by atoms with Crippen LogP contribution in [0, 0.1) is 5.92 Å². The van der Waals surface area contributed by atoms with Crippen molar-refractivity contribution in [1.82, 2.24) is 0 Å². The molecule has 2 aliphatic rings. The van der Waals surface area contributed by atoms with Gasteiger partial charge in [-0.25, -0.2) is 9.59 Å². The van der Waals surface area contributed by atoms with E-state index >= 15 is 0 Å². The molecule has 0 saturated heterocycles. The Morgan fingerprint density at radius 3 is 2.59 bits per heavy atom. The Morgan fingerprint density at radius 1 is 1.15 bits per heavy atom. The molecule has 0 spiro atoms. The molecule has 0 saturated carbocycles. The molecule has 2 aromatic rings. The molecule has 0 aromatic heterocycles. The fourth-order valence-corrected chi connectivity index (χ4v) is 4.10. The first-order valence-electron chi connectivity index (χ1n) is 9.16. The molecule has 0 fully saturated rings. The second-order valence-electron chi connectivity index (χ2n) is 6.93. The van der Waals surface area contributed by atoms with E-state index in [0.717, 1.165) is 23.2 Å². The molecular weight excluding hydrogens is 342 g/mol. The van der Waals surface area contributed by atoms with E-state index in [1.54, 1.807) is 25.1 Å². The van der Waals surface area contributed by atoms with Crippen LogP contribution in [0.1, 0.15) is 57.1 Å². The summed E-state index contributed by atoms with van der Waals surface area (Å²) in [4.78, 5) is 23.2. The first-order valence-corrected chi connectivity index (χ1v) is 9.16. The molecule has 0 bridgehead atoms. The lowest BCUT2D eigenvalue weighted by atomic mass is 9.76. The van der Waals surface area contributed by atoms with Gasteiger partial charge in [-0.2, -0.15) is 0 Å². The van der Waals surface area contributed by atoms with Crippen LogP contribution in [0.15, 0.2) is 54.6 Å². The Hall–Kier alpha value is -3.08. The van der Waals surface area contributed by atoms with Crippen molar-refractivity contribution in [3.8, 4) is 0 Å². The lowest BCUT2D eigenvalue weighted by Crippen LogP contribution is -2.29. The number of fused-ring (bicyclic) bond motifs is 3. The van der Waals surface area contributed by atoms with E-state index in [0.29, 0.717) is 18.1 Å². The number of carbonyl (C=O) groups is 2. The maximum absolute atomic E-state index is 12.1. The highest BCUT2D eigenvalue weighted by Gasteiger charge is 2.38. The van der Waals surface area contributed by atoms with Crippen LogP contribution in [-0.4, -0.2) is 23.7 Å². The van der Waals surface area contributed by atoms with Gasteiger partial charge in [-0.15, -0.1) is 0 Å². The van der Waals surface area contributed by atoms with Gasteiger partial charge in [0.1, 0.15) is 0 Å². The largest absolute Gasteiger partial charge is 0.478 e. The van der Waals surface area contributed by atoms with E-state index in [9.17, 15) is 9.59 Å². The highest BCUT2D eigenvalue weighted by atomic mass is 16.5. The summed E-state index contributed by atoms with van der Waals surface area (Å²) >= 11 is 0. The summed E-state index contributed by atoms with van der Waals surface area (Å²) in [5.74, 6) is -0.675. The molecule has 2 aromatic carbocycles. The second-order valence-corrected chi connectivity index (χ2v) is 6.93. The Kier molecular flexibility index (Phi) is 4.44. The molecule has 0 unspecified atom stereocenters. The van der Waals surface area contributed by atoms with Gasteiger partial charge in [0.05, 0.1) is 23.8 Å². The minimum atomic E-state index is -0.921. The standard InChI is InChI=1S/C22H21NO4/c1-2-27-22(26)15-10-11-19-18(12-15)16-4-3-5-17(16)20(23-19)13-6-8-14(9-7-13)21(24)25/h3-4,6-12,16-17,20,23H,2,5H2,1H3,(H,24,25)/t16-,17-,20+/m1/s1. The third kappa shape index (κ3) is 3.10. The second kappa shape index (κ2) is 6.91. The predicted octanol–water partition coefficient (Wildman–Crippen LogP) is 4.39. The molecule has 1 heterocycles. The summed E-state index contributed by atoms with van der Waals surface area (Å²) in [5.41, 5.74) is 4.04. The summed E-state index contributed by atoms with van der Waals surface area (Å²) < 4.78 is 5.13. The monoisotopic (exact) mass is 363 g/mol. The Morgan fingerprint density at radius 2 is 1.89 bits per heavy atom. The summed E-state index contributed by atoms with van der Waals surface area (Å²) in [7, 11) is 0. The van der Waals surface area contributed by atoms with Crippen LogP contribution in [0.25, 0.3) is 0 Å². The van der Waals surface area contributed by atoms with Crippen molar-refractivity contribution >= 4 is 17.6 Å². The predicted molar refractivity (Wildman–Crippen MR) is 102 cm³/mol. The van der Waals surface area contributed by atoms with Crippen molar-refractivity contribution in [3.05, 3.63) is 76.9 Å². The number of allylic oxidation sites excluding steroid dienone is 2. The summed E-state index contributed by atoms with van der Waals surface area (Å²) in [6.07, 6.45) is 5.33. The topological polar surface area (TPSA) is 75.6 Å². The van der Waals surface area contributed by atoms with Gasteiger partial charge in [-0.3, -0.25) is 0 Å². The SMILES string of the molecule is CCOC(=O)c1ccc2c(c1)[C@@H]1C=CC[C@H]1[C@H](c1ccc(C(=O)O)cc1)N2. The summed E-state index contributed by atoms with van der Waals surface area (Å²) in [6.45, 7) is 2.16. The number of carbonyl (C=O) groups excluding carboxylic acids is 1. The van der Waals surface area contributed by atoms with Crippen molar-refractivity contribution in [2.45, 2.75) is 25.3 Å². The molecule has 5 nitrogen and oxygen atoms in total. The van der Waals surface area contributed by atoms with Gasteiger partial charge >= 0.3 is 11.9 Å². The molecular formula is C22H21NO4. The van der Waals surface area contributed by atoms with E-state index < -0.39 is 5.97 Å². The van der Waals surface area contributed by atoms with E-state index in [1.165, 1.54) is 0 Å². The number of carboxylic acids is 1. The molecule has 1 aliphatic carbocycles. The number of nitrogens with one attached hydrogen (secondary N) is 1. The molecule has 1 aliphatic heterocycles. The molecule has 3 atom stereocenters. The number of rotatable bonds is 4. The average molecular weight is 363 g/mol. The molecule has 5 heteroatoms. The van der Waals surface area contributed by atoms with E-state index in [2.05, 4.69) is 17.5 Å². The van der Waals surface area contributed by atoms with Crippen molar-refractivity contribution < 1.29 is 19.4 Å². The first kappa shape index (κ1) is 17.3. The van der Waals surface area contributed by atoms with Gasteiger partial charge in [0.2, 0.25) is 0 Å². The van der Waals surface area contributed by atoms with Crippen LogP contribution in [-0.2, 0) is 4.74 Å². The van der Waals surface area contributed by atoms with Crippen LogP contribution < -0.4 is 5.32 Å². The van der Waals surface area contributed by atoms with E-state index in [-0.39, 0.29) is 23.5 Å². The molecule has 4 rings (SSSR count). The van der Waals surface area contributed by atoms with Gasteiger partial charge in [-0.05, 0) is 60.7 Å². The fraction of sp³-hybridized carbons (Fsp3) is 0.273. The Labute approximate surface area is 157 Å². The number of carboxylic acid groups (broad SMARTS) is 1. The smallest absolute Gasteiger partial charge is 0.338 e. The minimum Gasteiger partial charge on any atom is -0.478 e. The number of ether oxygens (including phenoxy) is 1. The molecule has 2 N–H and O–H groups in total. The summed E-state index contributed by atoms with van der Waals surface area (Å²) in [5, 5.41) is 12.7. The number of hydrogen-bond donors (Lipinski definition) is 2. The van der Waals surface area contributed by atoms with Gasteiger partial charge in [-0.1, -0.05) is 24.3 Å². The number of anilines is 1. The maximum atomic E-state index is 12.1. The number of hydrogen-bond acceptors (Lipinski definition) is 4. The lowest BCUT2D eigenvalue weighted by molar-refractivity contribution is 0.0525. The number of benzene rings is 2. The zero-order valence-electron chi connectivity index (χ0n) is 15.0. The first-order chi connectivity index (χ1) is 13.1. The third-order valence-corrected chi connectivity index (χ3v) is 5.39. The zero-order chi connectivity index (χ0) is 19.0. The normalized spacial score (nSPS) is 22.5. The van der Waals surface area contributed by atoms with Crippen LogP contribution in [0.3, 0.4) is 0 Å². The molecule has 0 radical (unpaired) electrons. The van der Waals surface area contributed by atoms with Crippen molar-refractivity contribution in [1.29, 1.82) is 0 Å². The van der Waals surface area contributed by atoms with Crippen molar-refractivity contribution in [2.24, 2.45) is 5.92 Å². The maximum Gasteiger partial charge on any atom is 0.338 e. The average Bonchev–Trinajstić information content (AvgIpc) is 3.17. The third-order valence-electron chi connectivity index (χ3n) is 5.39. The number of aromatic carboxylic acids is 1. The zero-order valence-corrected chi connectivity index (χ0v) is 15.0. The minimum absolute atomic E-state index is 0.0915. The van der Waals surface area contributed by atoms with Crippen LogP contribution in [0.5, 0.6) is 0 Å². The van der Waals surface area contributed by atoms with Gasteiger partial charge in [0.25, 0.3) is 0 Å². The van der Waals surface area contributed by atoms with Gasteiger partial charge in [0.15, 0.2) is 0 Å².